The third-order valence-corrected chi connectivity index (χ3v) is 1.17. The molecule has 0 aliphatic heterocycles. The van der Waals surface area contributed by atoms with Crippen LogP contribution < -0.4 is 5.11 Å². The lowest BCUT2D eigenvalue weighted by atomic mass is 10.4. The second kappa shape index (κ2) is 1.69. The van der Waals surface area contributed by atoms with E-state index in [0.717, 1.165) is 0 Å². The molecule has 0 fully saturated rings. The molecule has 0 radical (unpaired) electrons. The van der Waals surface area contributed by atoms with Gasteiger partial charge in [-0.1, -0.05) is 0 Å². The van der Waals surface area contributed by atoms with Crippen LogP contribution in [0.4, 0.5) is 0 Å². The molecule has 0 aromatic carbocycles. The van der Waals surface area contributed by atoms with Gasteiger partial charge in [0.25, 0.3) is 0 Å². The molecule has 1 heterocycles. The Morgan fingerprint density at radius 1 is 1.33 bits per heavy atom. The Morgan fingerprint density at radius 3 is 2.00 bits per heavy atom. The van der Waals surface area contributed by atoms with Gasteiger partial charge < -0.3 is 14.6 Å². The van der Waals surface area contributed by atoms with Crippen molar-refractivity contribution >= 4 is 0 Å². The Hall–Kier alpha value is -1.12. The summed E-state index contributed by atoms with van der Waals surface area (Å²) in [5.41, 5.74) is 0. The molecule has 0 saturated carbocycles. The van der Waals surface area contributed by atoms with E-state index in [1.807, 2.05) is 0 Å². The maximum atomic E-state index is 10.6. The number of aromatic hydroxyl groups is 1. The monoisotopic (exact) mass is 127 g/mol. The third kappa shape index (κ3) is 0.740. The Morgan fingerprint density at radius 2 is 1.89 bits per heavy atom. The van der Waals surface area contributed by atoms with Crippen molar-refractivity contribution in [2.45, 2.75) is 13.8 Å². The molecule has 3 nitrogen and oxygen atoms in total. The van der Waals surface area contributed by atoms with Gasteiger partial charge in [-0.05, 0) is 19.6 Å². The van der Waals surface area contributed by atoms with Crippen LogP contribution in [0.3, 0.4) is 0 Å². The highest BCUT2D eigenvalue weighted by atomic mass is 16.4. The van der Waals surface area contributed by atoms with Crippen LogP contribution in [0, 0.1) is 13.8 Å². The summed E-state index contributed by atoms with van der Waals surface area (Å²) in [5, 5.41) is 19.5. The van der Waals surface area contributed by atoms with Gasteiger partial charge in [0, 0.05) is 0 Å². The van der Waals surface area contributed by atoms with Crippen molar-refractivity contribution in [2.75, 3.05) is 0 Å². The van der Waals surface area contributed by atoms with Gasteiger partial charge in [-0.15, -0.1) is 0 Å². The molecular weight excluding hydrogens is 120 g/mol. The fourth-order valence-corrected chi connectivity index (χ4v) is 0.651. The highest BCUT2D eigenvalue weighted by Crippen LogP contribution is 2.31. The van der Waals surface area contributed by atoms with E-state index in [0.29, 0.717) is 0 Å². The van der Waals surface area contributed by atoms with Crippen molar-refractivity contribution in [3.8, 4) is 11.5 Å². The molecular formula is C6H7O3-. The van der Waals surface area contributed by atoms with Crippen molar-refractivity contribution in [2.24, 2.45) is 0 Å². The molecule has 0 saturated heterocycles. The van der Waals surface area contributed by atoms with Crippen LogP contribution in [0.1, 0.15) is 11.5 Å². The standard InChI is InChI=1S/C6H8O3/c1-3-5(7)6(8)4(2)9-3/h7-8H,1-2H3/p-1. The maximum Gasteiger partial charge on any atom is 0.149 e. The summed E-state index contributed by atoms with van der Waals surface area (Å²) >= 11 is 0. The number of hydrogen-bond donors (Lipinski definition) is 1. The zero-order chi connectivity index (χ0) is 7.02. The smallest absolute Gasteiger partial charge is 0.149 e. The SMILES string of the molecule is Cc1oc(C)c(O)c1[O-]. The average molecular weight is 127 g/mol. The average Bonchev–Trinajstić information content (AvgIpc) is 1.98. The predicted molar refractivity (Wildman–Crippen MR) is 29.3 cm³/mol. The number of hydrogen-bond acceptors (Lipinski definition) is 3. The van der Waals surface area contributed by atoms with E-state index in [1.165, 1.54) is 6.92 Å². The Labute approximate surface area is 52.5 Å². The second-order valence-corrected chi connectivity index (χ2v) is 1.89. The third-order valence-electron chi connectivity index (χ3n) is 1.17. The summed E-state index contributed by atoms with van der Waals surface area (Å²) in [6.07, 6.45) is 0. The molecule has 0 amide bonds. The van der Waals surface area contributed by atoms with E-state index in [2.05, 4.69) is 0 Å². The summed E-state index contributed by atoms with van der Waals surface area (Å²) in [7, 11) is 0. The fraction of sp³-hybridized carbons (Fsp3) is 0.333. The molecule has 0 aliphatic carbocycles. The van der Waals surface area contributed by atoms with Gasteiger partial charge in [0.2, 0.25) is 0 Å². The molecule has 0 atom stereocenters. The zero-order valence-electron chi connectivity index (χ0n) is 5.26. The van der Waals surface area contributed by atoms with Crippen LogP contribution in [-0.4, -0.2) is 5.11 Å². The Balaban J connectivity index is 3.29. The first-order chi connectivity index (χ1) is 4.13. The largest absolute Gasteiger partial charge is 0.868 e. The molecule has 50 valence electrons. The molecule has 0 spiro atoms. The number of rotatable bonds is 0. The van der Waals surface area contributed by atoms with Gasteiger partial charge in [0.05, 0.1) is 5.76 Å². The van der Waals surface area contributed by atoms with Crippen molar-refractivity contribution < 1.29 is 14.6 Å². The topological polar surface area (TPSA) is 56.4 Å². The lowest BCUT2D eigenvalue weighted by molar-refractivity contribution is -0.271. The molecule has 0 unspecified atom stereocenters. The van der Waals surface area contributed by atoms with Gasteiger partial charge in [-0.25, -0.2) is 0 Å². The van der Waals surface area contributed by atoms with E-state index < -0.39 is 5.75 Å². The van der Waals surface area contributed by atoms with Crippen molar-refractivity contribution in [1.82, 2.24) is 0 Å². The van der Waals surface area contributed by atoms with Crippen LogP contribution >= 0.6 is 0 Å². The molecule has 9 heavy (non-hydrogen) atoms. The maximum absolute atomic E-state index is 10.6. The van der Waals surface area contributed by atoms with E-state index in [9.17, 15) is 5.11 Å². The van der Waals surface area contributed by atoms with E-state index >= 15 is 0 Å². The first-order valence-electron chi connectivity index (χ1n) is 2.59. The van der Waals surface area contributed by atoms with E-state index in [4.69, 9.17) is 9.52 Å². The second-order valence-electron chi connectivity index (χ2n) is 1.89. The minimum Gasteiger partial charge on any atom is -0.868 e. The first-order valence-corrected chi connectivity index (χ1v) is 2.59. The summed E-state index contributed by atoms with van der Waals surface area (Å²) in [6, 6.07) is 0. The summed E-state index contributed by atoms with van der Waals surface area (Å²) in [5.74, 6) is -0.150. The molecule has 1 aromatic rings. The molecule has 1 rings (SSSR count). The van der Waals surface area contributed by atoms with E-state index in [1.54, 1.807) is 6.92 Å². The van der Waals surface area contributed by atoms with Gasteiger partial charge in [0.1, 0.15) is 11.5 Å². The van der Waals surface area contributed by atoms with Gasteiger partial charge >= 0.3 is 0 Å². The fourth-order valence-electron chi connectivity index (χ4n) is 0.651. The van der Waals surface area contributed by atoms with E-state index in [-0.39, 0.29) is 17.3 Å². The molecule has 1 aromatic heterocycles. The summed E-state index contributed by atoms with van der Waals surface area (Å²) < 4.78 is 4.78. The summed E-state index contributed by atoms with van der Waals surface area (Å²) in [6.45, 7) is 3.07. The number of aryl methyl sites for hydroxylation is 2. The van der Waals surface area contributed by atoms with Crippen molar-refractivity contribution in [3.63, 3.8) is 0 Å². The van der Waals surface area contributed by atoms with Crippen LogP contribution in [0.15, 0.2) is 4.42 Å². The lowest BCUT2D eigenvalue weighted by Gasteiger charge is -1.99. The van der Waals surface area contributed by atoms with Crippen molar-refractivity contribution in [1.29, 1.82) is 0 Å². The van der Waals surface area contributed by atoms with Crippen LogP contribution in [0.5, 0.6) is 11.5 Å². The Bertz CT molecular complexity index is 202. The summed E-state index contributed by atoms with van der Waals surface area (Å²) in [4.78, 5) is 0. The quantitative estimate of drug-likeness (QED) is 0.557. The predicted octanol–water partition coefficient (Wildman–Crippen LogP) is 0.676. The normalized spacial score (nSPS) is 10.0. The lowest BCUT2D eigenvalue weighted by Crippen LogP contribution is -1.88. The number of furan rings is 1. The van der Waals surface area contributed by atoms with Crippen molar-refractivity contribution in [3.05, 3.63) is 11.5 Å². The molecule has 1 N–H and O–H groups in total. The van der Waals surface area contributed by atoms with Gasteiger partial charge in [-0.3, -0.25) is 0 Å². The zero-order valence-corrected chi connectivity index (χ0v) is 5.26. The van der Waals surface area contributed by atoms with Crippen LogP contribution in [0.2, 0.25) is 0 Å². The Kier molecular flexibility index (Phi) is 1.12. The first kappa shape index (κ1) is 6.01. The molecule has 0 aliphatic rings. The molecule has 3 heteroatoms. The minimum atomic E-state index is -0.410. The minimum absolute atomic E-state index is 0.241. The van der Waals surface area contributed by atoms with Gasteiger partial charge in [0.15, 0.2) is 0 Å². The van der Waals surface area contributed by atoms with Crippen LogP contribution in [-0.2, 0) is 0 Å². The highest BCUT2D eigenvalue weighted by molar-refractivity contribution is 5.41. The highest BCUT2D eigenvalue weighted by Gasteiger charge is 2.03. The molecule has 0 bridgehead atoms. The van der Waals surface area contributed by atoms with Gasteiger partial charge in [-0.2, -0.15) is 0 Å². The van der Waals surface area contributed by atoms with Crippen LogP contribution in [0.25, 0.3) is 0 Å².